The van der Waals surface area contributed by atoms with Gasteiger partial charge in [0.1, 0.15) is 11.4 Å². The van der Waals surface area contributed by atoms with Crippen LogP contribution in [0.5, 0.6) is 0 Å². The number of nitrogens with zero attached hydrogens (tertiary/aromatic N) is 1. The molecular formula is C6H11N3O. The van der Waals surface area contributed by atoms with Crippen molar-refractivity contribution in [1.29, 1.82) is 0 Å². The SMILES string of the molecule is CC(C)c1noc(N)c1N. The van der Waals surface area contributed by atoms with Crippen molar-refractivity contribution in [3.05, 3.63) is 5.69 Å². The predicted molar refractivity (Wildman–Crippen MR) is 39.4 cm³/mol. The van der Waals surface area contributed by atoms with Crippen molar-refractivity contribution in [3.8, 4) is 0 Å². The summed E-state index contributed by atoms with van der Waals surface area (Å²) in [4.78, 5) is 0. The Morgan fingerprint density at radius 2 is 2.00 bits per heavy atom. The molecule has 1 aromatic rings. The number of aromatic nitrogens is 1. The van der Waals surface area contributed by atoms with Crippen LogP contribution in [-0.4, -0.2) is 5.16 Å². The standard InChI is InChI=1S/C6H11N3O/c1-3(2)5-4(7)6(8)10-9-5/h3H,7-8H2,1-2H3. The van der Waals surface area contributed by atoms with E-state index in [0.29, 0.717) is 5.69 Å². The molecule has 0 spiro atoms. The van der Waals surface area contributed by atoms with Crippen molar-refractivity contribution in [1.82, 2.24) is 5.16 Å². The highest BCUT2D eigenvalue weighted by molar-refractivity contribution is 5.59. The third-order valence-electron chi connectivity index (χ3n) is 1.33. The van der Waals surface area contributed by atoms with Crippen molar-refractivity contribution in [2.75, 3.05) is 11.5 Å². The third-order valence-corrected chi connectivity index (χ3v) is 1.33. The highest BCUT2D eigenvalue weighted by Crippen LogP contribution is 2.24. The minimum atomic E-state index is 0.212. The Balaban J connectivity index is 3.05. The lowest BCUT2D eigenvalue weighted by Gasteiger charge is -1.97. The van der Waals surface area contributed by atoms with Gasteiger partial charge in [-0.25, -0.2) is 0 Å². The zero-order valence-electron chi connectivity index (χ0n) is 6.09. The maximum absolute atomic E-state index is 5.52. The zero-order valence-corrected chi connectivity index (χ0v) is 6.09. The normalized spacial score (nSPS) is 10.7. The summed E-state index contributed by atoms with van der Waals surface area (Å²) in [5, 5.41) is 3.69. The van der Waals surface area contributed by atoms with E-state index in [1.807, 2.05) is 13.8 Å². The number of rotatable bonds is 1. The molecule has 4 N–H and O–H groups in total. The van der Waals surface area contributed by atoms with Crippen molar-refractivity contribution in [3.63, 3.8) is 0 Å². The molecule has 0 fully saturated rings. The molecule has 0 unspecified atom stereocenters. The van der Waals surface area contributed by atoms with E-state index in [0.717, 1.165) is 5.69 Å². The van der Waals surface area contributed by atoms with E-state index < -0.39 is 0 Å². The number of anilines is 2. The van der Waals surface area contributed by atoms with E-state index in [9.17, 15) is 0 Å². The summed E-state index contributed by atoms with van der Waals surface area (Å²) in [5.74, 6) is 0.477. The van der Waals surface area contributed by atoms with Crippen LogP contribution in [-0.2, 0) is 0 Å². The molecule has 4 nitrogen and oxygen atoms in total. The van der Waals surface area contributed by atoms with Crippen LogP contribution in [0.1, 0.15) is 25.5 Å². The fourth-order valence-electron chi connectivity index (χ4n) is 0.739. The maximum Gasteiger partial charge on any atom is 0.245 e. The molecule has 0 saturated heterocycles. The third kappa shape index (κ3) is 0.920. The van der Waals surface area contributed by atoms with Crippen LogP contribution >= 0.6 is 0 Å². The molecule has 1 aromatic heterocycles. The molecule has 4 heteroatoms. The van der Waals surface area contributed by atoms with Gasteiger partial charge in [0.15, 0.2) is 0 Å². The molecule has 0 radical (unpaired) electrons. The monoisotopic (exact) mass is 141 g/mol. The van der Waals surface area contributed by atoms with Gasteiger partial charge in [-0.1, -0.05) is 19.0 Å². The Labute approximate surface area is 59.2 Å². The van der Waals surface area contributed by atoms with Crippen molar-refractivity contribution >= 4 is 11.6 Å². The van der Waals surface area contributed by atoms with Gasteiger partial charge in [0.2, 0.25) is 5.88 Å². The number of nitrogens with two attached hydrogens (primary N) is 2. The maximum atomic E-state index is 5.52. The quantitative estimate of drug-likeness (QED) is 0.610. The Bertz CT molecular complexity index is 229. The first-order valence-corrected chi connectivity index (χ1v) is 3.13. The van der Waals surface area contributed by atoms with Gasteiger partial charge in [-0.3, -0.25) is 0 Å². The zero-order chi connectivity index (χ0) is 7.72. The molecule has 56 valence electrons. The topological polar surface area (TPSA) is 78.1 Å². The Morgan fingerprint density at radius 3 is 2.20 bits per heavy atom. The largest absolute Gasteiger partial charge is 0.393 e. The molecule has 0 aromatic carbocycles. The average molecular weight is 141 g/mol. The van der Waals surface area contributed by atoms with Crippen LogP contribution in [0.4, 0.5) is 11.6 Å². The summed E-state index contributed by atoms with van der Waals surface area (Å²) in [7, 11) is 0. The van der Waals surface area contributed by atoms with Crippen molar-refractivity contribution < 1.29 is 4.52 Å². The van der Waals surface area contributed by atoms with Crippen LogP contribution in [0, 0.1) is 0 Å². The lowest BCUT2D eigenvalue weighted by Crippen LogP contribution is -1.96. The summed E-state index contributed by atoms with van der Waals surface area (Å²) >= 11 is 0. The Hall–Kier alpha value is -1.19. The van der Waals surface area contributed by atoms with Gasteiger partial charge in [-0.15, -0.1) is 0 Å². The second-order valence-corrected chi connectivity index (χ2v) is 2.50. The molecule has 1 rings (SSSR count). The molecule has 0 aliphatic carbocycles. The average Bonchev–Trinajstić information content (AvgIpc) is 2.14. The number of hydrogen-bond donors (Lipinski definition) is 2. The van der Waals surface area contributed by atoms with E-state index >= 15 is 0 Å². The summed E-state index contributed by atoms with van der Waals surface area (Å²) in [6, 6.07) is 0. The first-order valence-electron chi connectivity index (χ1n) is 3.13. The smallest absolute Gasteiger partial charge is 0.245 e. The van der Waals surface area contributed by atoms with E-state index in [1.54, 1.807) is 0 Å². The highest BCUT2D eigenvalue weighted by atomic mass is 16.5. The number of hydrogen-bond acceptors (Lipinski definition) is 4. The van der Waals surface area contributed by atoms with Crippen molar-refractivity contribution in [2.24, 2.45) is 0 Å². The minimum Gasteiger partial charge on any atom is -0.393 e. The molecule has 0 aliphatic heterocycles. The molecule has 10 heavy (non-hydrogen) atoms. The van der Waals surface area contributed by atoms with E-state index in [1.165, 1.54) is 0 Å². The van der Waals surface area contributed by atoms with E-state index in [2.05, 4.69) is 9.68 Å². The highest BCUT2D eigenvalue weighted by Gasteiger charge is 2.12. The minimum absolute atomic E-state index is 0.212. The Morgan fingerprint density at radius 1 is 1.40 bits per heavy atom. The van der Waals surface area contributed by atoms with Crippen molar-refractivity contribution in [2.45, 2.75) is 19.8 Å². The van der Waals surface area contributed by atoms with Crippen LogP contribution in [0.3, 0.4) is 0 Å². The molecule has 0 amide bonds. The second-order valence-electron chi connectivity index (χ2n) is 2.50. The lowest BCUT2D eigenvalue weighted by molar-refractivity contribution is 0.424. The van der Waals surface area contributed by atoms with Gasteiger partial charge in [0, 0.05) is 5.92 Å². The first kappa shape index (κ1) is 6.92. The molecule has 0 bridgehead atoms. The van der Waals surface area contributed by atoms with E-state index in [-0.39, 0.29) is 11.8 Å². The summed E-state index contributed by atoms with van der Waals surface area (Å²) in [5.41, 5.74) is 12.0. The summed E-state index contributed by atoms with van der Waals surface area (Å²) in [6.07, 6.45) is 0. The predicted octanol–water partition coefficient (Wildman–Crippen LogP) is 0.962. The second kappa shape index (κ2) is 2.21. The van der Waals surface area contributed by atoms with Gasteiger partial charge in [0.05, 0.1) is 0 Å². The van der Waals surface area contributed by atoms with Gasteiger partial charge in [0.25, 0.3) is 0 Å². The molecule has 1 heterocycles. The molecular weight excluding hydrogens is 130 g/mol. The van der Waals surface area contributed by atoms with Gasteiger partial charge in [-0.05, 0) is 0 Å². The Kier molecular flexibility index (Phi) is 1.53. The van der Waals surface area contributed by atoms with Gasteiger partial charge in [-0.2, -0.15) is 0 Å². The van der Waals surface area contributed by atoms with Crippen LogP contribution in [0.25, 0.3) is 0 Å². The summed E-state index contributed by atoms with van der Waals surface area (Å²) in [6.45, 7) is 3.96. The van der Waals surface area contributed by atoms with Crippen LogP contribution in [0.2, 0.25) is 0 Å². The molecule has 0 aliphatic rings. The number of nitrogen functional groups attached to an aromatic ring is 2. The fraction of sp³-hybridized carbons (Fsp3) is 0.500. The van der Waals surface area contributed by atoms with Gasteiger partial charge >= 0.3 is 0 Å². The van der Waals surface area contributed by atoms with Crippen LogP contribution < -0.4 is 11.5 Å². The lowest BCUT2D eigenvalue weighted by atomic mass is 10.1. The summed E-state index contributed by atoms with van der Waals surface area (Å²) < 4.78 is 4.66. The molecule has 0 atom stereocenters. The first-order chi connectivity index (χ1) is 4.63. The van der Waals surface area contributed by atoms with Crippen LogP contribution in [0.15, 0.2) is 4.52 Å². The van der Waals surface area contributed by atoms with Gasteiger partial charge < -0.3 is 16.0 Å². The fourth-order valence-corrected chi connectivity index (χ4v) is 0.739. The van der Waals surface area contributed by atoms with E-state index in [4.69, 9.17) is 11.5 Å². The molecule has 0 saturated carbocycles.